The number of benzene rings is 1. The maximum absolute atomic E-state index is 12.2. The van der Waals surface area contributed by atoms with Gasteiger partial charge in [-0.3, -0.25) is 4.79 Å². The van der Waals surface area contributed by atoms with E-state index in [4.69, 9.17) is 4.74 Å². The van der Waals surface area contributed by atoms with Crippen LogP contribution in [0.25, 0.3) is 5.65 Å². The molecule has 0 bridgehead atoms. The molecular weight excluding hydrogens is 256 g/mol. The van der Waals surface area contributed by atoms with Crippen molar-refractivity contribution in [2.24, 2.45) is 0 Å². The van der Waals surface area contributed by atoms with Crippen LogP contribution in [-0.4, -0.2) is 27.6 Å². The minimum absolute atomic E-state index is 0.244. The lowest BCUT2D eigenvalue weighted by Crippen LogP contribution is -2.16. The van der Waals surface area contributed by atoms with E-state index in [2.05, 4.69) is 15.4 Å². The zero-order valence-electron chi connectivity index (χ0n) is 10.8. The first-order valence-electron chi connectivity index (χ1n) is 6.02. The van der Waals surface area contributed by atoms with E-state index < -0.39 is 0 Å². The Balaban J connectivity index is 1.87. The molecule has 1 aromatic carbocycles. The van der Waals surface area contributed by atoms with Crippen LogP contribution in [-0.2, 0) is 0 Å². The fraction of sp³-hybridized carbons (Fsp3) is 0.0714. The molecule has 0 saturated carbocycles. The van der Waals surface area contributed by atoms with Gasteiger partial charge in [0.15, 0.2) is 5.65 Å². The lowest BCUT2D eigenvalue weighted by Gasteiger charge is -2.07. The van der Waals surface area contributed by atoms with Crippen LogP contribution >= 0.6 is 0 Å². The molecule has 6 heteroatoms. The van der Waals surface area contributed by atoms with Gasteiger partial charge in [-0.25, -0.2) is 9.50 Å². The lowest BCUT2D eigenvalue weighted by atomic mass is 10.3. The third-order valence-electron chi connectivity index (χ3n) is 2.87. The summed E-state index contributed by atoms with van der Waals surface area (Å²) in [6.45, 7) is 0. The summed E-state index contributed by atoms with van der Waals surface area (Å²) in [6, 6.07) is 10.5. The van der Waals surface area contributed by atoms with Crippen LogP contribution in [0.4, 0.5) is 5.69 Å². The van der Waals surface area contributed by atoms with Gasteiger partial charge in [-0.15, -0.1) is 0 Å². The third-order valence-corrected chi connectivity index (χ3v) is 2.87. The van der Waals surface area contributed by atoms with Crippen LogP contribution in [0.15, 0.2) is 48.8 Å². The first kappa shape index (κ1) is 12.2. The van der Waals surface area contributed by atoms with Gasteiger partial charge >= 0.3 is 0 Å². The molecule has 0 saturated heterocycles. The largest absolute Gasteiger partial charge is 0.497 e. The third kappa shape index (κ3) is 2.18. The number of hydrogen-bond donors (Lipinski definition) is 1. The van der Waals surface area contributed by atoms with Crippen LogP contribution in [0.2, 0.25) is 0 Å². The Labute approximate surface area is 115 Å². The summed E-state index contributed by atoms with van der Waals surface area (Å²) in [4.78, 5) is 16.4. The highest BCUT2D eigenvalue weighted by molar-refractivity contribution is 6.03. The molecular formula is C14H12N4O2. The van der Waals surface area contributed by atoms with E-state index in [0.29, 0.717) is 17.0 Å². The van der Waals surface area contributed by atoms with Crippen molar-refractivity contribution in [3.63, 3.8) is 0 Å². The Morgan fingerprint density at radius 3 is 2.70 bits per heavy atom. The highest BCUT2D eigenvalue weighted by atomic mass is 16.5. The number of rotatable bonds is 3. The Morgan fingerprint density at radius 2 is 1.95 bits per heavy atom. The summed E-state index contributed by atoms with van der Waals surface area (Å²) in [7, 11) is 1.60. The summed E-state index contributed by atoms with van der Waals surface area (Å²) < 4.78 is 6.57. The average Bonchev–Trinajstić information content (AvgIpc) is 2.96. The topological polar surface area (TPSA) is 68.5 Å². The van der Waals surface area contributed by atoms with Crippen LogP contribution in [0, 0.1) is 0 Å². The van der Waals surface area contributed by atoms with E-state index in [1.165, 1.54) is 4.52 Å². The van der Waals surface area contributed by atoms with Crippen LogP contribution in [0.3, 0.4) is 0 Å². The number of methoxy groups -OCH3 is 1. The Bertz CT molecular complexity index is 749. The Hall–Kier alpha value is -2.89. The van der Waals surface area contributed by atoms with Crippen molar-refractivity contribution in [3.05, 3.63) is 54.5 Å². The molecule has 3 aromatic rings. The molecule has 0 spiro atoms. The second kappa shape index (κ2) is 5.00. The minimum Gasteiger partial charge on any atom is -0.497 e. The summed E-state index contributed by atoms with van der Waals surface area (Å²) in [6.07, 6.45) is 3.19. The first-order chi connectivity index (χ1) is 9.78. The Kier molecular flexibility index (Phi) is 3.04. The van der Waals surface area contributed by atoms with E-state index in [1.807, 2.05) is 0 Å². The average molecular weight is 268 g/mol. The number of amides is 1. The van der Waals surface area contributed by atoms with Crippen LogP contribution < -0.4 is 10.1 Å². The van der Waals surface area contributed by atoms with Crippen LogP contribution in [0.5, 0.6) is 5.75 Å². The van der Waals surface area contributed by atoms with Gasteiger partial charge in [-0.2, -0.15) is 5.10 Å². The normalized spacial score (nSPS) is 10.4. The van der Waals surface area contributed by atoms with E-state index in [1.54, 1.807) is 55.9 Å². The van der Waals surface area contributed by atoms with E-state index in [-0.39, 0.29) is 5.91 Å². The monoisotopic (exact) mass is 268 g/mol. The molecule has 0 aliphatic carbocycles. The van der Waals surface area contributed by atoms with Crippen molar-refractivity contribution < 1.29 is 9.53 Å². The Morgan fingerprint density at radius 1 is 1.15 bits per heavy atom. The van der Waals surface area contributed by atoms with Gasteiger partial charge in [0, 0.05) is 18.0 Å². The molecule has 0 radical (unpaired) electrons. The zero-order chi connectivity index (χ0) is 13.9. The molecule has 1 amide bonds. The van der Waals surface area contributed by atoms with Gasteiger partial charge in [-0.1, -0.05) is 0 Å². The molecule has 100 valence electrons. The molecule has 0 aliphatic heterocycles. The molecule has 0 fully saturated rings. The standard InChI is InChI=1S/C14H12N4O2/c1-20-11-4-2-10(3-5-11)17-14(19)12-6-8-15-13-7-9-16-18(12)13/h2-9H,1H3,(H,17,19). The van der Waals surface area contributed by atoms with E-state index >= 15 is 0 Å². The second-order valence-electron chi connectivity index (χ2n) is 4.11. The summed E-state index contributed by atoms with van der Waals surface area (Å²) in [5, 5.41) is 6.89. The fourth-order valence-electron chi connectivity index (χ4n) is 1.88. The molecule has 20 heavy (non-hydrogen) atoms. The van der Waals surface area contributed by atoms with Crippen molar-refractivity contribution in [2.45, 2.75) is 0 Å². The minimum atomic E-state index is -0.244. The number of carbonyl (C=O) groups excluding carboxylic acids is 1. The van der Waals surface area contributed by atoms with Gasteiger partial charge in [0.05, 0.1) is 13.3 Å². The highest BCUT2D eigenvalue weighted by Crippen LogP contribution is 2.16. The maximum Gasteiger partial charge on any atom is 0.274 e. The predicted octanol–water partition coefficient (Wildman–Crippen LogP) is 1.99. The predicted molar refractivity (Wildman–Crippen MR) is 73.9 cm³/mol. The molecule has 0 unspecified atom stereocenters. The molecule has 3 rings (SSSR count). The zero-order valence-corrected chi connectivity index (χ0v) is 10.8. The molecule has 1 N–H and O–H groups in total. The smallest absolute Gasteiger partial charge is 0.274 e. The van der Waals surface area contributed by atoms with Gasteiger partial charge in [-0.05, 0) is 30.3 Å². The van der Waals surface area contributed by atoms with Crippen molar-refractivity contribution in [3.8, 4) is 5.75 Å². The SMILES string of the molecule is COc1ccc(NC(=O)c2ccnc3ccnn23)cc1. The maximum atomic E-state index is 12.2. The number of anilines is 1. The number of nitrogens with one attached hydrogen (secondary N) is 1. The number of carbonyl (C=O) groups is 1. The molecule has 2 aromatic heterocycles. The highest BCUT2D eigenvalue weighted by Gasteiger charge is 2.11. The number of aromatic nitrogens is 3. The van der Waals surface area contributed by atoms with E-state index in [9.17, 15) is 4.79 Å². The van der Waals surface area contributed by atoms with Gasteiger partial charge in [0.1, 0.15) is 11.4 Å². The van der Waals surface area contributed by atoms with Crippen molar-refractivity contribution in [2.75, 3.05) is 12.4 Å². The number of ether oxygens (including phenoxy) is 1. The quantitative estimate of drug-likeness (QED) is 0.788. The summed E-state index contributed by atoms with van der Waals surface area (Å²) in [5.41, 5.74) is 1.75. The van der Waals surface area contributed by atoms with Crippen molar-refractivity contribution in [1.29, 1.82) is 0 Å². The van der Waals surface area contributed by atoms with Crippen LogP contribution in [0.1, 0.15) is 10.5 Å². The van der Waals surface area contributed by atoms with Gasteiger partial charge < -0.3 is 10.1 Å². The van der Waals surface area contributed by atoms with Crippen molar-refractivity contribution >= 4 is 17.2 Å². The van der Waals surface area contributed by atoms with E-state index in [0.717, 1.165) is 5.75 Å². The fourth-order valence-corrected chi connectivity index (χ4v) is 1.88. The lowest BCUT2D eigenvalue weighted by molar-refractivity contribution is 0.102. The molecule has 6 nitrogen and oxygen atoms in total. The number of nitrogens with zero attached hydrogens (tertiary/aromatic N) is 3. The summed E-state index contributed by atoms with van der Waals surface area (Å²) >= 11 is 0. The molecule has 0 atom stereocenters. The van der Waals surface area contributed by atoms with Gasteiger partial charge in [0.25, 0.3) is 5.91 Å². The van der Waals surface area contributed by atoms with Gasteiger partial charge in [0.2, 0.25) is 0 Å². The molecule has 0 aliphatic rings. The number of fused-ring (bicyclic) bond motifs is 1. The molecule has 2 heterocycles. The summed E-state index contributed by atoms with van der Waals surface area (Å²) in [5.74, 6) is 0.493. The second-order valence-corrected chi connectivity index (χ2v) is 4.11. The first-order valence-corrected chi connectivity index (χ1v) is 6.02. The number of hydrogen-bond acceptors (Lipinski definition) is 4. The van der Waals surface area contributed by atoms with Crippen molar-refractivity contribution in [1.82, 2.24) is 14.6 Å².